The van der Waals surface area contributed by atoms with Gasteiger partial charge in [-0.1, -0.05) is 25.4 Å². The van der Waals surface area contributed by atoms with Crippen LogP contribution in [0.4, 0.5) is 0 Å². The minimum absolute atomic E-state index is 0.00125. The van der Waals surface area contributed by atoms with Crippen LogP contribution in [0.5, 0.6) is 5.75 Å². The molecular weight excluding hydrogens is 210 g/mol. The molecule has 15 heavy (non-hydrogen) atoms. The lowest BCUT2D eigenvalue weighted by Crippen LogP contribution is -2.02. The van der Waals surface area contributed by atoms with Gasteiger partial charge in [-0.15, -0.1) is 0 Å². The molecule has 0 spiro atoms. The van der Waals surface area contributed by atoms with Gasteiger partial charge in [-0.2, -0.15) is 0 Å². The molecule has 0 unspecified atom stereocenters. The highest BCUT2D eigenvalue weighted by molar-refractivity contribution is 7.13. The van der Waals surface area contributed by atoms with Crippen LogP contribution in [0.3, 0.4) is 0 Å². The second-order valence-electron chi connectivity index (χ2n) is 3.78. The molecule has 4 heteroatoms. The number of hydrogen-bond acceptors (Lipinski definition) is 3. The number of rotatable bonds is 2. The number of methoxy groups -OCH3 is 1. The van der Waals surface area contributed by atoms with E-state index in [2.05, 4.69) is 18.2 Å². The summed E-state index contributed by atoms with van der Waals surface area (Å²) in [5.41, 5.74) is 1.05. The molecule has 0 radical (unpaired) electrons. The maximum Gasteiger partial charge on any atom is 0.266 e. The number of benzene rings is 1. The van der Waals surface area contributed by atoms with Gasteiger partial charge in [-0.05, 0) is 23.6 Å². The summed E-state index contributed by atoms with van der Waals surface area (Å²) < 4.78 is 8.93. The first-order valence-electron chi connectivity index (χ1n) is 4.82. The van der Waals surface area contributed by atoms with Crippen LogP contribution in [0.25, 0.3) is 10.1 Å². The van der Waals surface area contributed by atoms with Gasteiger partial charge in [-0.3, -0.25) is 9.17 Å². The number of H-pyrrole nitrogens is 1. The molecular formula is C11H13NO2S. The highest BCUT2D eigenvalue weighted by Gasteiger charge is 2.12. The summed E-state index contributed by atoms with van der Waals surface area (Å²) in [6.45, 7) is 4.15. The predicted molar refractivity (Wildman–Crippen MR) is 63.1 cm³/mol. The maximum absolute atomic E-state index is 11.6. The number of aromatic amines is 1. The van der Waals surface area contributed by atoms with Crippen molar-refractivity contribution in [3.05, 3.63) is 28.0 Å². The molecule has 1 aromatic heterocycles. The lowest BCUT2D eigenvalue weighted by atomic mass is 9.99. The van der Waals surface area contributed by atoms with Crippen molar-refractivity contribution in [3.63, 3.8) is 0 Å². The molecule has 0 aliphatic rings. The quantitative estimate of drug-likeness (QED) is 0.850. The molecule has 0 amide bonds. The summed E-state index contributed by atoms with van der Waals surface area (Å²) in [7, 11) is 1.64. The fourth-order valence-electron chi connectivity index (χ4n) is 1.66. The summed E-state index contributed by atoms with van der Waals surface area (Å²) in [6, 6.07) is 3.83. The molecule has 0 aliphatic heterocycles. The Kier molecular flexibility index (Phi) is 2.52. The molecule has 80 valence electrons. The number of nitrogens with one attached hydrogen (secondary N) is 1. The minimum Gasteiger partial charge on any atom is -0.497 e. The zero-order chi connectivity index (χ0) is 11.0. The van der Waals surface area contributed by atoms with Crippen molar-refractivity contribution in [1.29, 1.82) is 0 Å². The van der Waals surface area contributed by atoms with E-state index in [1.54, 1.807) is 7.11 Å². The maximum atomic E-state index is 11.6. The van der Waals surface area contributed by atoms with Crippen LogP contribution in [0, 0.1) is 0 Å². The highest BCUT2D eigenvalue weighted by atomic mass is 32.1. The van der Waals surface area contributed by atoms with Crippen molar-refractivity contribution >= 4 is 21.6 Å². The average Bonchev–Trinajstić information content (AvgIpc) is 2.59. The van der Waals surface area contributed by atoms with E-state index in [0.29, 0.717) is 5.92 Å². The lowest BCUT2D eigenvalue weighted by Gasteiger charge is -2.08. The monoisotopic (exact) mass is 223 g/mol. The summed E-state index contributed by atoms with van der Waals surface area (Å²) >= 11 is 1.36. The van der Waals surface area contributed by atoms with Gasteiger partial charge in [0.1, 0.15) is 5.75 Å². The van der Waals surface area contributed by atoms with E-state index in [1.807, 2.05) is 12.1 Å². The number of aromatic nitrogens is 1. The van der Waals surface area contributed by atoms with Gasteiger partial charge in [0.15, 0.2) is 0 Å². The second-order valence-corrected chi connectivity index (χ2v) is 4.63. The van der Waals surface area contributed by atoms with Crippen LogP contribution in [-0.2, 0) is 0 Å². The van der Waals surface area contributed by atoms with Crippen molar-refractivity contribution in [2.24, 2.45) is 0 Å². The Morgan fingerprint density at radius 3 is 2.73 bits per heavy atom. The Balaban J connectivity index is 2.83. The van der Waals surface area contributed by atoms with Gasteiger partial charge >= 0.3 is 0 Å². The van der Waals surface area contributed by atoms with E-state index < -0.39 is 0 Å². The molecule has 0 aliphatic carbocycles. The number of ether oxygens (including phenoxy) is 1. The van der Waals surface area contributed by atoms with E-state index in [-0.39, 0.29) is 5.56 Å². The molecule has 0 atom stereocenters. The molecule has 2 rings (SSSR count). The Hall–Kier alpha value is -1.29. The SMILES string of the molecule is COc1cc(C(C)C)c2c(=O)[nH]sc2c1. The summed E-state index contributed by atoms with van der Waals surface area (Å²) in [5.74, 6) is 1.12. The standard InChI is InChI=1S/C11H13NO2S/c1-6(2)8-4-7(14-3)5-9-10(8)11(13)12-15-9/h4-6H,1-3H3,(H,12,13). The second kappa shape index (κ2) is 3.70. The largest absolute Gasteiger partial charge is 0.497 e. The van der Waals surface area contributed by atoms with Crippen molar-refractivity contribution in [3.8, 4) is 5.75 Å². The van der Waals surface area contributed by atoms with Crippen LogP contribution in [-0.4, -0.2) is 11.5 Å². The van der Waals surface area contributed by atoms with Crippen LogP contribution in [0.2, 0.25) is 0 Å². The third-order valence-electron chi connectivity index (χ3n) is 2.44. The molecule has 0 bridgehead atoms. The molecule has 0 saturated carbocycles. The number of hydrogen-bond donors (Lipinski definition) is 1. The summed E-state index contributed by atoms with van der Waals surface area (Å²) in [6.07, 6.45) is 0. The van der Waals surface area contributed by atoms with Gasteiger partial charge < -0.3 is 4.74 Å². The molecule has 1 heterocycles. The first-order chi connectivity index (χ1) is 7.13. The van der Waals surface area contributed by atoms with E-state index >= 15 is 0 Å². The summed E-state index contributed by atoms with van der Waals surface area (Å²) in [4.78, 5) is 11.6. The van der Waals surface area contributed by atoms with Gasteiger partial charge in [-0.25, -0.2) is 0 Å². The molecule has 1 aromatic carbocycles. The third-order valence-corrected chi connectivity index (χ3v) is 3.27. The Morgan fingerprint density at radius 2 is 2.13 bits per heavy atom. The van der Waals surface area contributed by atoms with Gasteiger partial charge in [0.2, 0.25) is 0 Å². The van der Waals surface area contributed by atoms with E-state index in [9.17, 15) is 4.79 Å². The number of fused-ring (bicyclic) bond motifs is 1. The lowest BCUT2D eigenvalue weighted by molar-refractivity contribution is 0.415. The molecule has 1 N–H and O–H groups in total. The van der Waals surface area contributed by atoms with Crippen molar-refractivity contribution in [2.75, 3.05) is 7.11 Å². The normalized spacial score (nSPS) is 11.2. The zero-order valence-electron chi connectivity index (χ0n) is 8.96. The first-order valence-corrected chi connectivity index (χ1v) is 5.64. The van der Waals surface area contributed by atoms with Gasteiger partial charge in [0.25, 0.3) is 5.56 Å². The van der Waals surface area contributed by atoms with E-state index in [0.717, 1.165) is 21.4 Å². The Bertz CT molecular complexity index is 539. The van der Waals surface area contributed by atoms with E-state index in [4.69, 9.17) is 4.74 Å². The third kappa shape index (κ3) is 1.65. The average molecular weight is 223 g/mol. The Morgan fingerprint density at radius 1 is 1.40 bits per heavy atom. The van der Waals surface area contributed by atoms with Crippen molar-refractivity contribution < 1.29 is 4.74 Å². The zero-order valence-corrected chi connectivity index (χ0v) is 9.77. The molecule has 0 fully saturated rings. The molecule has 3 nitrogen and oxygen atoms in total. The van der Waals surface area contributed by atoms with Crippen LogP contribution >= 0.6 is 11.5 Å². The minimum atomic E-state index is 0.00125. The van der Waals surface area contributed by atoms with Crippen LogP contribution in [0.15, 0.2) is 16.9 Å². The predicted octanol–water partition coefficient (Wildman–Crippen LogP) is 2.72. The summed E-state index contributed by atoms with van der Waals surface area (Å²) in [5, 5.41) is 0.802. The fourth-order valence-corrected chi connectivity index (χ4v) is 2.45. The first kappa shape index (κ1) is 10.2. The van der Waals surface area contributed by atoms with Crippen molar-refractivity contribution in [1.82, 2.24) is 4.37 Å². The van der Waals surface area contributed by atoms with Crippen molar-refractivity contribution in [2.45, 2.75) is 19.8 Å². The Labute approximate surface area is 91.8 Å². The molecule has 2 aromatic rings. The molecule has 0 saturated heterocycles. The van der Waals surface area contributed by atoms with Gasteiger partial charge in [0, 0.05) is 0 Å². The highest BCUT2D eigenvalue weighted by Crippen LogP contribution is 2.29. The van der Waals surface area contributed by atoms with Crippen LogP contribution in [0.1, 0.15) is 25.3 Å². The fraction of sp³-hybridized carbons (Fsp3) is 0.364. The van der Waals surface area contributed by atoms with Gasteiger partial charge in [0.05, 0.1) is 17.2 Å². The topological polar surface area (TPSA) is 42.1 Å². The smallest absolute Gasteiger partial charge is 0.266 e. The van der Waals surface area contributed by atoms with Crippen LogP contribution < -0.4 is 10.3 Å². The van der Waals surface area contributed by atoms with E-state index in [1.165, 1.54) is 11.5 Å².